The van der Waals surface area contributed by atoms with Gasteiger partial charge in [-0.3, -0.25) is 4.98 Å². The van der Waals surface area contributed by atoms with Crippen molar-refractivity contribution in [2.24, 2.45) is 5.41 Å². The highest BCUT2D eigenvalue weighted by molar-refractivity contribution is 5.67. The second-order valence-electron chi connectivity index (χ2n) is 10.4. The van der Waals surface area contributed by atoms with Gasteiger partial charge in [0.1, 0.15) is 23.6 Å². The first-order chi connectivity index (χ1) is 18.8. The molecule has 200 valence electrons. The molecular formula is C28H26F2N6O3. The minimum absolute atomic E-state index is 0.101. The molecule has 1 amide bonds. The summed E-state index contributed by atoms with van der Waals surface area (Å²) in [6, 6.07) is 5.53. The number of alkyl carbamates (subject to hydrolysis) is 1. The molecule has 2 aliphatic carbocycles. The van der Waals surface area contributed by atoms with E-state index in [1.54, 1.807) is 25.4 Å². The molecule has 1 N–H and O–H groups in total. The molecule has 39 heavy (non-hydrogen) atoms. The first-order valence-corrected chi connectivity index (χ1v) is 12.8. The maximum Gasteiger partial charge on any atom is 0.407 e. The number of oxazole rings is 1. The van der Waals surface area contributed by atoms with Crippen molar-refractivity contribution in [1.29, 1.82) is 0 Å². The highest BCUT2D eigenvalue weighted by atomic mass is 19.1. The fourth-order valence-corrected chi connectivity index (χ4v) is 6.28. The summed E-state index contributed by atoms with van der Waals surface area (Å²) in [4.78, 5) is 25.4. The lowest BCUT2D eigenvalue weighted by molar-refractivity contribution is 0.151. The average Bonchev–Trinajstić information content (AvgIpc) is 3.55. The molecule has 2 bridgehead atoms. The van der Waals surface area contributed by atoms with E-state index >= 15 is 0 Å². The predicted molar refractivity (Wildman–Crippen MR) is 135 cm³/mol. The number of hydrogen-bond donors (Lipinski definition) is 1. The van der Waals surface area contributed by atoms with Gasteiger partial charge < -0.3 is 14.5 Å². The second-order valence-corrected chi connectivity index (χ2v) is 10.4. The number of nitrogens with zero attached hydrogens (tertiary/aromatic N) is 5. The number of hydrogen-bond acceptors (Lipinski definition) is 8. The van der Waals surface area contributed by atoms with E-state index < -0.39 is 23.1 Å². The summed E-state index contributed by atoms with van der Waals surface area (Å²) in [5.41, 5.74) is 2.41. The molecule has 4 aromatic rings. The topological polar surface area (TPSA) is 116 Å². The van der Waals surface area contributed by atoms with E-state index in [0.29, 0.717) is 17.1 Å². The van der Waals surface area contributed by atoms with Gasteiger partial charge in [0.25, 0.3) is 0 Å². The molecule has 6 rings (SSSR count). The van der Waals surface area contributed by atoms with Crippen molar-refractivity contribution >= 4 is 6.09 Å². The number of carbonyl (C=O) groups excluding carboxylic acids is 1. The monoisotopic (exact) mass is 532 g/mol. The number of aromatic nitrogens is 5. The first-order valence-electron chi connectivity index (χ1n) is 12.8. The van der Waals surface area contributed by atoms with E-state index in [2.05, 4.69) is 39.3 Å². The molecule has 2 aliphatic rings. The highest BCUT2D eigenvalue weighted by Gasteiger charge is 2.65. The average molecular weight is 533 g/mol. The third-order valence-corrected chi connectivity index (χ3v) is 8.13. The fourth-order valence-electron chi connectivity index (χ4n) is 6.28. The number of fused-ring (bicyclic) bond motifs is 5. The van der Waals surface area contributed by atoms with Crippen LogP contribution in [0, 0.1) is 17.0 Å². The van der Waals surface area contributed by atoms with Gasteiger partial charge in [0, 0.05) is 6.20 Å². The molecule has 1 fully saturated rings. The Labute approximate surface area is 223 Å². The number of benzene rings is 1. The van der Waals surface area contributed by atoms with E-state index in [1.165, 1.54) is 24.5 Å². The van der Waals surface area contributed by atoms with Crippen molar-refractivity contribution in [1.82, 2.24) is 30.5 Å². The molecule has 0 radical (unpaired) electrons. The summed E-state index contributed by atoms with van der Waals surface area (Å²) >= 11 is 0. The quantitative estimate of drug-likeness (QED) is 0.355. The van der Waals surface area contributed by atoms with Gasteiger partial charge in [0.2, 0.25) is 5.89 Å². The SMILES string of the molecule is CCOC(=O)NCc1coc(-c2cncc([C@@]34CC[C@@H](c5cc(-c6c(F)cccc6F)nnc53)C4(C)C)n2)n1. The molecular weight excluding hydrogens is 506 g/mol. The predicted octanol–water partition coefficient (Wildman–Crippen LogP) is 5.32. The molecule has 3 aromatic heterocycles. The van der Waals surface area contributed by atoms with Crippen molar-refractivity contribution in [2.75, 3.05) is 6.61 Å². The number of nitrogens with one attached hydrogen (secondary N) is 1. The van der Waals surface area contributed by atoms with Crippen LogP contribution in [0.25, 0.3) is 22.8 Å². The maximum atomic E-state index is 14.5. The van der Waals surface area contributed by atoms with Crippen LogP contribution in [0.4, 0.5) is 13.6 Å². The largest absolute Gasteiger partial charge is 0.450 e. The molecule has 0 spiro atoms. The summed E-state index contributed by atoms with van der Waals surface area (Å²) < 4.78 is 39.6. The highest BCUT2D eigenvalue weighted by Crippen LogP contribution is 2.69. The summed E-state index contributed by atoms with van der Waals surface area (Å²) in [6.45, 7) is 6.46. The van der Waals surface area contributed by atoms with E-state index in [4.69, 9.17) is 14.1 Å². The fraction of sp³-hybridized carbons (Fsp3) is 0.357. The normalized spacial score (nSPS) is 20.6. The molecule has 0 saturated heterocycles. The van der Waals surface area contributed by atoms with Gasteiger partial charge in [-0.15, -0.1) is 5.10 Å². The van der Waals surface area contributed by atoms with Crippen LogP contribution in [0.15, 0.2) is 47.3 Å². The number of rotatable bonds is 6. The minimum Gasteiger partial charge on any atom is -0.450 e. The Hall–Kier alpha value is -4.28. The Bertz CT molecular complexity index is 1570. The van der Waals surface area contributed by atoms with Crippen LogP contribution in [0.5, 0.6) is 0 Å². The Morgan fingerprint density at radius 1 is 1.15 bits per heavy atom. The molecule has 9 nitrogen and oxygen atoms in total. The van der Waals surface area contributed by atoms with Crippen molar-refractivity contribution < 1.29 is 22.7 Å². The van der Waals surface area contributed by atoms with Crippen molar-refractivity contribution in [3.63, 3.8) is 0 Å². The zero-order valence-electron chi connectivity index (χ0n) is 21.7. The lowest BCUT2D eigenvalue weighted by Gasteiger charge is -2.37. The van der Waals surface area contributed by atoms with Crippen LogP contribution in [-0.4, -0.2) is 37.8 Å². The van der Waals surface area contributed by atoms with Gasteiger partial charge in [-0.2, -0.15) is 5.10 Å². The van der Waals surface area contributed by atoms with Crippen LogP contribution in [0.1, 0.15) is 62.2 Å². The smallest absolute Gasteiger partial charge is 0.407 e. The minimum atomic E-state index is -0.678. The Morgan fingerprint density at radius 2 is 1.95 bits per heavy atom. The number of carbonyl (C=O) groups is 1. The van der Waals surface area contributed by atoms with Crippen molar-refractivity contribution in [2.45, 2.75) is 51.5 Å². The van der Waals surface area contributed by atoms with Gasteiger partial charge in [0.15, 0.2) is 0 Å². The lowest BCUT2D eigenvalue weighted by Crippen LogP contribution is -2.38. The van der Waals surface area contributed by atoms with Gasteiger partial charge >= 0.3 is 6.09 Å². The van der Waals surface area contributed by atoms with E-state index in [9.17, 15) is 13.6 Å². The second kappa shape index (κ2) is 9.18. The Kier molecular flexibility index (Phi) is 5.89. The summed E-state index contributed by atoms with van der Waals surface area (Å²) in [6.07, 6.45) is 5.84. The molecule has 11 heteroatoms. The summed E-state index contributed by atoms with van der Waals surface area (Å²) in [5.74, 6) is -0.988. The van der Waals surface area contributed by atoms with Gasteiger partial charge in [-0.25, -0.2) is 23.5 Å². The van der Waals surface area contributed by atoms with E-state index in [0.717, 1.165) is 24.1 Å². The molecule has 0 unspecified atom stereocenters. The van der Waals surface area contributed by atoms with Crippen LogP contribution in [-0.2, 0) is 16.7 Å². The van der Waals surface area contributed by atoms with Gasteiger partial charge in [-0.05, 0) is 54.9 Å². The Balaban J connectivity index is 1.37. The van der Waals surface area contributed by atoms with Gasteiger partial charge in [-0.1, -0.05) is 19.9 Å². The Morgan fingerprint density at radius 3 is 2.72 bits per heavy atom. The summed E-state index contributed by atoms with van der Waals surface area (Å²) in [5, 5.41) is 11.4. The standard InChI is InChI=1S/C28H26F2N6O3/c1-4-38-26(37)32-11-15-14-39-25(33-15)21-12-31-13-22(34-21)28-9-8-17(27(28,2)3)16-10-20(35-36-24(16)28)23-18(29)6-5-7-19(23)30/h5-7,10,12-14,17H,4,8-9,11H2,1-3H3,(H,32,37)/t17-,28-/m0/s1. The lowest BCUT2D eigenvalue weighted by atomic mass is 9.66. The van der Waals surface area contributed by atoms with Crippen molar-refractivity contribution in [3.8, 4) is 22.8 Å². The zero-order valence-corrected chi connectivity index (χ0v) is 21.7. The van der Waals surface area contributed by atoms with Crippen LogP contribution in [0.3, 0.4) is 0 Å². The summed E-state index contributed by atoms with van der Waals surface area (Å²) in [7, 11) is 0. The van der Waals surface area contributed by atoms with Crippen LogP contribution >= 0.6 is 0 Å². The van der Waals surface area contributed by atoms with E-state index in [1.807, 2.05) is 0 Å². The van der Waals surface area contributed by atoms with E-state index in [-0.39, 0.29) is 41.6 Å². The van der Waals surface area contributed by atoms with Gasteiger partial charge in [0.05, 0.1) is 53.1 Å². The molecule has 2 atom stereocenters. The molecule has 1 saturated carbocycles. The third-order valence-electron chi connectivity index (χ3n) is 8.13. The number of amides is 1. The molecule has 3 heterocycles. The zero-order chi connectivity index (χ0) is 27.4. The number of ether oxygens (including phenoxy) is 1. The number of halogens is 2. The van der Waals surface area contributed by atoms with Crippen LogP contribution < -0.4 is 5.32 Å². The molecule has 0 aliphatic heterocycles. The molecule has 1 aromatic carbocycles. The maximum absolute atomic E-state index is 14.5. The third kappa shape index (κ3) is 3.78. The first kappa shape index (κ1) is 25.0. The van der Waals surface area contributed by atoms with Crippen LogP contribution in [0.2, 0.25) is 0 Å². The van der Waals surface area contributed by atoms with Crippen molar-refractivity contribution in [3.05, 3.63) is 77.2 Å².